The summed E-state index contributed by atoms with van der Waals surface area (Å²) in [6.45, 7) is 3.67. The number of amides is 1. The second-order valence-electron chi connectivity index (χ2n) is 5.74. The zero-order valence-corrected chi connectivity index (χ0v) is 12.8. The molecule has 0 spiro atoms. The third kappa shape index (κ3) is 2.97. The molecule has 0 aromatic heterocycles. The molecule has 1 heterocycles. The van der Waals surface area contributed by atoms with Gasteiger partial charge in [-0.2, -0.15) is 0 Å². The number of benzene rings is 2. The van der Waals surface area contributed by atoms with Gasteiger partial charge in [-0.15, -0.1) is 0 Å². The minimum atomic E-state index is -0.0694. The molecule has 0 radical (unpaired) electrons. The van der Waals surface area contributed by atoms with Crippen molar-refractivity contribution in [2.45, 2.75) is 19.5 Å². The summed E-state index contributed by atoms with van der Waals surface area (Å²) >= 11 is 0. The fourth-order valence-corrected chi connectivity index (χ4v) is 2.98. The molecule has 3 rings (SSSR count). The first-order valence-electron chi connectivity index (χ1n) is 7.57. The summed E-state index contributed by atoms with van der Waals surface area (Å²) < 4.78 is 0. The molecule has 0 bridgehead atoms. The van der Waals surface area contributed by atoms with Gasteiger partial charge in [0.25, 0.3) is 0 Å². The van der Waals surface area contributed by atoms with E-state index in [-0.39, 0.29) is 11.9 Å². The van der Waals surface area contributed by atoms with Crippen molar-refractivity contribution in [2.75, 3.05) is 22.9 Å². The average molecular weight is 295 g/mol. The van der Waals surface area contributed by atoms with E-state index >= 15 is 0 Å². The molecule has 114 valence electrons. The monoisotopic (exact) mass is 295 g/mol. The number of nitrogens with zero attached hydrogens (tertiary/aromatic N) is 2. The SMILES string of the molecule is CC(=O)N1C[C@@H](N)CN(Cc2ccccc2)c2ccccc21. The van der Waals surface area contributed by atoms with Gasteiger partial charge in [-0.1, -0.05) is 42.5 Å². The number of hydrogen-bond acceptors (Lipinski definition) is 3. The van der Waals surface area contributed by atoms with Crippen molar-refractivity contribution < 1.29 is 4.79 Å². The highest BCUT2D eigenvalue weighted by molar-refractivity contribution is 5.95. The first-order valence-corrected chi connectivity index (χ1v) is 7.57. The Hall–Kier alpha value is -2.33. The number of carbonyl (C=O) groups excluding carboxylic acids is 1. The van der Waals surface area contributed by atoms with Crippen molar-refractivity contribution in [2.24, 2.45) is 5.73 Å². The Bertz CT molecular complexity index is 656. The van der Waals surface area contributed by atoms with Crippen LogP contribution in [0.15, 0.2) is 54.6 Å². The molecule has 0 unspecified atom stereocenters. The second-order valence-corrected chi connectivity index (χ2v) is 5.74. The Morgan fingerprint density at radius 1 is 1.05 bits per heavy atom. The van der Waals surface area contributed by atoms with Crippen LogP contribution in [0, 0.1) is 0 Å². The minimum absolute atomic E-state index is 0.0319. The fourth-order valence-electron chi connectivity index (χ4n) is 2.98. The molecular formula is C18H21N3O. The molecule has 0 fully saturated rings. The molecule has 4 nitrogen and oxygen atoms in total. The lowest BCUT2D eigenvalue weighted by Gasteiger charge is -2.26. The van der Waals surface area contributed by atoms with Gasteiger partial charge in [0.1, 0.15) is 0 Å². The lowest BCUT2D eigenvalue weighted by molar-refractivity contribution is -0.116. The van der Waals surface area contributed by atoms with Crippen molar-refractivity contribution in [1.82, 2.24) is 0 Å². The molecule has 0 saturated carbocycles. The van der Waals surface area contributed by atoms with Crippen LogP contribution < -0.4 is 15.5 Å². The highest BCUT2D eigenvalue weighted by atomic mass is 16.2. The molecule has 4 heteroatoms. The molecular weight excluding hydrogens is 274 g/mol. The molecule has 0 saturated heterocycles. The van der Waals surface area contributed by atoms with Gasteiger partial charge >= 0.3 is 0 Å². The summed E-state index contributed by atoms with van der Waals surface area (Å²) in [5, 5.41) is 0. The van der Waals surface area contributed by atoms with Crippen LogP contribution in [0.1, 0.15) is 12.5 Å². The van der Waals surface area contributed by atoms with Gasteiger partial charge in [0.05, 0.1) is 11.4 Å². The number of anilines is 2. The lowest BCUT2D eigenvalue weighted by atomic mass is 10.1. The van der Waals surface area contributed by atoms with E-state index in [0.717, 1.165) is 24.5 Å². The maximum atomic E-state index is 12.0. The number of para-hydroxylation sites is 2. The quantitative estimate of drug-likeness (QED) is 0.925. The minimum Gasteiger partial charge on any atom is -0.364 e. The number of fused-ring (bicyclic) bond motifs is 1. The van der Waals surface area contributed by atoms with E-state index in [4.69, 9.17) is 5.73 Å². The Morgan fingerprint density at radius 3 is 2.36 bits per heavy atom. The van der Waals surface area contributed by atoms with Crippen LogP contribution in [0.3, 0.4) is 0 Å². The summed E-state index contributed by atoms with van der Waals surface area (Å²) in [6.07, 6.45) is 0. The predicted octanol–water partition coefficient (Wildman–Crippen LogP) is 2.39. The highest BCUT2D eigenvalue weighted by Crippen LogP contribution is 2.32. The zero-order chi connectivity index (χ0) is 15.5. The Kier molecular flexibility index (Phi) is 4.11. The zero-order valence-electron chi connectivity index (χ0n) is 12.8. The molecule has 1 aliphatic rings. The third-order valence-electron chi connectivity index (χ3n) is 3.98. The van der Waals surface area contributed by atoms with Crippen LogP contribution in [-0.4, -0.2) is 25.0 Å². The van der Waals surface area contributed by atoms with Crippen LogP contribution in [0.4, 0.5) is 11.4 Å². The summed E-state index contributed by atoms with van der Waals surface area (Å²) in [4.78, 5) is 16.0. The van der Waals surface area contributed by atoms with Crippen molar-refractivity contribution in [3.63, 3.8) is 0 Å². The summed E-state index contributed by atoms with van der Waals surface area (Å²) in [5.74, 6) is 0.0319. The van der Waals surface area contributed by atoms with Crippen molar-refractivity contribution in [3.05, 3.63) is 60.2 Å². The maximum Gasteiger partial charge on any atom is 0.223 e. The van der Waals surface area contributed by atoms with Crippen LogP contribution >= 0.6 is 0 Å². The van der Waals surface area contributed by atoms with Crippen LogP contribution in [0.25, 0.3) is 0 Å². The highest BCUT2D eigenvalue weighted by Gasteiger charge is 2.26. The number of hydrogen-bond donors (Lipinski definition) is 1. The fraction of sp³-hybridized carbons (Fsp3) is 0.278. The van der Waals surface area contributed by atoms with Crippen LogP contribution in [0.2, 0.25) is 0 Å². The topological polar surface area (TPSA) is 49.6 Å². The van der Waals surface area contributed by atoms with E-state index in [2.05, 4.69) is 23.1 Å². The number of rotatable bonds is 2. The predicted molar refractivity (Wildman–Crippen MR) is 89.9 cm³/mol. The van der Waals surface area contributed by atoms with Gasteiger partial charge < -0.3 is 15.5 Å². The van der Waals surface area contributed by atoms with Gasteiger partial charge in [-0.05, 0) is 17.7 Å². The standard InChI is InChI=1S/C18H21N3O/c1-14(22)21-13-16(19)12-20(11-15-7-3-2-4-8-15)17-9-5-6-10-18(17)21/h2-10,16H,11-13,19H2,1H3/t16-/m0/s1. The van der Waals surface area contributed by atoms with E-state index in [1.54, 1.807) is 11.8 Å². The third-order valence-corrected chi connectivity index (χ3v) is 3.98. The second kappa shape index (κ2) is 6.20. The largest absolute Gasteiger partial charge is 0.364 e. The first kappa shape index (κ1) is 14.6. The molecule has 2 N–H and O–H groups in total. The Morgan fingerprint density at radius 2 is 1.68 bits per heavy atom. The molecule has 2 aromatic carbocycles. The van der Waals surface area contributed by atoms with E-state index in [9.17, 15) is 4.79 Å². The molecule has 1 aliphatic heterocycles. The summed E-state index contributed by atoms with van der Waals surface area (Å²) in [7, 11) is 0. The lowest BCUT2D eigenvalue weighted by Crippen LogP contribution is -2.43. The number of nitrogens with two attached hydrogens (primary N) is 1. The molecule has 1 amide bonds. The van der Waals surface area contributed by atoms with Crippen LogP contribution in [-0.2, 0) is 11.3 Å². The summed E-state index contributed by atoms with van der Waals surface area (Å²) in [6, 6.07) is 18.3. The molecule has 1 atom stereocenters. The molecule has 22 heavy (non-hydrogen) atoms. The molecule has 0 aliphatic carbocycles. The van der Waals surface area contributed by atoms with Gasteiger partial charge in [0, 0.05) is 32.6 Å². The molecule has 2 aromatic rings. The van der Waals surface area contributed by atoms with E-state index in [0.29, 0.717) is 6.54 Å². The van der Waals surface area contributed by atoms with E-state index in [1.807, 2.05) is 36.4 Å². The van der Waals surface area contributed by atoms with Crippen molar-refractivity contribution >= 4 is 17.3 Å². The van der Waals surface area contributed by atoms with E-state index in [1.165, 1.54) is 5.56 Å². The van der Waals surface area contributed by atoms with E-state index < -0.39 is 0 Å². The Labute approximate surface area is 131 Å². The normalized spacial score (nSPS) is 17.8. The average Bonchev–Trinajstić information content (AvgIpc) is 2.66. The summed E-state index contributed by atoms with van der Waals surface area (Å²) in [5.41, 5.74) is 9.50. The van der Waals surface area contributed by atoms with Gasteiger partial charge in [0.2, 0.25) is 5.91 Å². The van der Waals surface area contributed by atoms with Gasteiger partial charge in [-0.25, -0.2) is 0 Å². The number of carbonyl (C=O) groups is 1. The Balaban J connectivity index is 1.98. The van der Waals surface area contributed by atoms with Gasteiger partial charge in [0.15, 0.2) is 0 Å². The van der Waals surface area contributed by atoms with Crippen molar-refractivity contribution in [1.29, 1.82) is 0 Å². The van der Waals surface area contributed by atoms with Crippen LogP contribution in [0.5, 0.6) is 0 Å². The maximum absolute atomic E-state index is 12.0. The van der Waals surface area contributed by atoms with Gasteiger partial charge in [-0.3, -0.25) is 4.79 Å². The first-order chi connectivity index (χ1) is 10.6. The van der Waals surface area contributed by atoms with Crippen molar-refractivity contribution in [3.8, 4) is 0 Å². The smallest absolute Gasteiger partial charge is 0.223 e.